The minimum atomic E-state index is -0.411. The van der Waals surface area contributed by atoms with Crippen molar-refractivity contribution in [2.75, 3.05) is 6.61 Å². The molecule has 1 heterocycles. The van der Waals surface area contributed by atoms with E-state index in [0.29, 0.717) is 6.61 Å². The van der Waals surface area contributed by atoms with Crippen molar-refractivity contribution in [1.29, 1.82) is 5.39 Å². The predicted molar refractivity (Wildman–Crippen MR) is 49.2 cm³/mol. The van der Waals surface area contributed by atoms with Gasteiger partial charge in [0.2, 0.25) is 5.39 Å². The molecule has 1 rings (SSSR count). The van der Waals surface area contributed by atoms with Gasteiger partial charge in [-0.2, -0.15) is 0 Å². The molecule has 72 valence electrons. The molecule has 0 aliphatic carbocycles. The molecule has 0 atom stereocenters. The normalized spacial score (nSPS) is 11.4. The third-order valence-corrected chi connectivity index (χ3v) is 1.53. The van der Waals surface area contributed by atoms with E-state index in [4.69, 9.17) is 10.1 Å². The number of nitrogens with zero attached hydrogens (tertiary/aromatic N) is 3. The topological polar surface area (TPSA) is 61.5 Å². The lowest BCUT2D eigenvalue weighted by molar-refractivity contribution is -0.581. The standard InChI is InChI=1S/C9H10N3O2/c1-2-14-9(13)8(11-10)12-6-4-3-5-7-12/h3-7H,2H2,1H3/q+1/p+1/b9-8+. The maximum absolute atomic E-state index is 9.35. The Hall–Kier alpha value is -2.09. The first-order valence-electron chi connectivity index (χ1n) is 4.17. The fraction of sp³-hybridized carbons (Fsp3) is 0.222. The van der Waals surface area contributed by atoms with Gasteiger partial charge in [0.1, 0.15) is 0 Å². The predicted octanol–water partition coefficient (Wildman–Crippen LogP) is 1.51. The fourth-order valence-corrected chi connectivity index (χ4v) is 0.946. The second-order valence-electron chi connectivity index (χ2n) is 2.44. The third kappa shape index (κ3) is 2.20. The van der Waals surface area contributed by atoms with Gasteiger partial charge in [-0.25, -0.2) is 0 Å². The number of ether oxygens (including phenoxy) is 1. The van der Waals surface area contributed by atoms with E-state index in [1.807, 2.05) is 6.07 Å². The molecule has 0 saturated heterocycles. The summed E-state index contributed by atoms with van der Waals surface area (Å²) in [4.78, 5) is 2.94. The Labute approximate surface area is 81.5 Å². The summed E-state index contributed by atoms with van der Waals surface area (Å²) in [5.74, 6) is -0.460. The summed E-state index contributed by atoms with van der Waals surface area (Å²) in [6.07, 6.45) is 3.26. The van der Waals surface area contributed by atoms with Crippen LogP contribution < -0.4 is 4.57 Å². The zero-order valence-electron chi connectivity index (χ0n) is 7.79. The van der Waals surface area contributed by atoms with Gasteiger partial charge in [0.25, 0.3) is 4.98 Å². The van der Waals surface area contributed by atoms with Gasteiger partial charge in [0, 0.05) is 12.1 Å². The van der Waals surface area contributed by atoms with Crippen molar-refractivity contribution in [1.82, 2.24) is 0 Å². The van der Waals surface area contributed by atoms with E-state index in [2.05, 4.69) is 4.98 Å². The molecule has 0 bridgehead atoms. The van der Waals surface area contributed by atoms with Crippen LogP contribution in [0.3, 0.4) is 0 Å². The van der Waals surface area contributed by atoms with Crippen molar-refractivity contribution in [3.8, 4) is 0 Å². The van der Waals surface area contributed by atoms with Crippen molar-refractivity contribution in [3.63, 3.8) is 0 Å². The molecule has 0 aliphatic heterocycles. The summed E-state index contributed by atoms with van der Waals surface area (Å²) in [5.41, 5.74) is 0. The Morgan fingerprint density at radius 2 is 2.07 bits per heavy atom. The molecule has 0 unspecified atom stereocenters. The van der Waals surface area contributed by atoms with E-state index < -0.39 is 5.95 Å². The molecule has 0 fully saturated rings. The summed E-state index contributed by atoms with van der Waals surface area (Å²) in [7, 11) is 0. The highest BCUT2D eigenvalue weighted by atomic mass is 16.6. The van der Waals surface area contributed by atoms with Gasteiger partial charge in [0.15, 0.2) is 12.4 Å². The summed E-state index contributed by atoms with van der Waals surface area (Å²) in [6.45, 7) is 2.03. The second kappa shape index (κ2) is 4.82. The maximum Gasteiger partial charge on any atom is 0.696 e. The minimum Gasteiger partial charge on any atom is -0.470 e. The summed E-state index contributed by atoms with van der Waals surface area (Å²) in [5, 5.41) is 18.0. The van der Waals surface area contributed by atoms with E-state index in [9.17, 15) is 5.11 Å². The van der Waals surface area contributed by atoms with Crippen LogP contribution in [-0.4, -0.2) is 11.7 Å². The van der Waals surface area contributed by atoms with E-state index in [0.717, 1.165) is 0 Å². The molecule has 0 amide bonds. The first kappa shape index (κ1) is 9.99. The largest absolute Gasteiger partial charge is 0.696 e. The molecule has 1 aromatic heterocycles. The lowest BCUT2D eigenvalue weighted by Gasteiger charge is -1.93. The monoisotopic (exact) mass is 193 g/mol. The van der Waals surface area contributed by atoms with Gasteiger partial charge < -0.3 is 9.84 Å². The second-order valence-corrected chi connectivity index (χ2v) is 2.44. The summed E-state index contributed by atoms with van der Waals surface area (Å²) in [6, 6.07) is 5.29. The van der Waals surface area contributed by atoms with Crippen molar-refractivity contribution < 1.29 is 14.4 Å². The molecule has 5 heteroatoms. The lowest BCUT2D eigenvalue weighted by Crippen LogP contribution is -2.31. The molecule has 0 spiro atoms. The number of rotatable bonds is 3. The Morgan fingerprint density at radius 1 is 1.43 bits per heavy atom. The van der Waals surface area contributed by atoms with Crippen molar-refractivity contribution in [2.24, 2.45) is 0 Å². The Balaban J connectivity index is 3.06. The number of aliphatic hydroxyl groups excluding tert-OH is 1. The van der Waals surface area contributed by atoms with Crippen LogP contribution >= 0.6 is 0 Å². The third-order valence-electron chi connectivity index (χ3n) is 1.53. The van der Waals surface area contributed by atoms with Crippen LogP contribution in [0.4, 0.5) is 0 Å². The van der Waals surface area contributed by atoms with Crippen molar-refractivity contribution in [3.05, 3.63) is 41.5 Å². The minimum absolute atomic E-state index is 0.0487. The number of aliphatic hydroxyl groups is 1. The van der Waals surface area contributed by atoms with Crippen LogP contribution in [0.25, 0.3) is 10.8 Å². The molecule has 0 radical (unpaired) electrons. The zero-order valence-corrected chi connectivity index (χ0v) is 7.79. The molecule has 14 heavy (non-hydrogen) atoms. The summed E-state index contributed by atoms with van der Waals surface area (Å²) < 4.78 is 6.25. The van der Waals surface area contributed by atoms with Crippen LogP contribution in [0.1, 0.15) is 6.92 Å². The number of pyridine rings is 1. The smallest absolute Gasteiger partial charge is 0.470 e. The first-order valence-corrected chi connectivity index (χ1v) is 4.17. The van der Waals surface area contributed by atoms with Crippen molar-refractivity contribution >= 4 is 5.82 Å². The van der Waals surface area contributed by atoms with Crippen LogP contribution in [0.5, 0.6) is 0 Å². The number of hydrogen-bond acceptors (Lipinski definition) is 3. The highest BCUT2D eigenvalue weighted by molar-refractivity contribution is 5.40. The van der Waals surface area contributed by atoms with Crippen LogP contribution in [0.15, 0.2) is 36.5 Å². The van der Waals surface area contributed by atoms with Crippen LogP contribution in [0.2, 0.25) is 0 Å². The van der Waals surface area contributed by atoms with Gasteiger partial charge in [-0.05, 0) is 6.92 Å². The highest BCUT2D eigenvalue weighted by Crippen LogP contribution is 2.03. The summed E-state index contributed by atoms with van der Waals surface area (Å²) >= 11 is 0. The first-order chi connectivity index (χ1) is 6.79. The van der Waals surface area contributed by atoms with Gasteiger partial charge in [-0.15, -0.1) is 0 Å². The molecule has 5 nitrogen and oxygen atoms in total. The fourth-order valence-electron chi connectivity index (χ4n) is 0.946. The molecule has 0 aromatic carbocycles. The maximum atomic E-state index is 9.35. The average molecular weight is 193 g/mol. The van der Waals surface area contributed by atoms with E-state index >= 15 is 0 Å². The Kier molecular flexibility index (Phi) is 3.44. The van der Waals surface area contributed by atoms with Crippen LogP contribution in [0, 0.1) is 5.39 Å². The number of diazo groups is 1. The average Bonchev–Trinajstić information content (AvgIpc) is 2.21. The quantitative estimate of drug-likeness (QED) is 0.449. The van der Waals surface area contributed by atoms with Gasteiger partial charge in [0.05, 0.1) is 6.61 Å². The van der Waals surface area contributed by atoms with Gasteiger partial charge in [-0.1, -0.05) is 10.6 Å². The SMILES string of the molecule is CCO/C(O)=C(\[N+]#N)[n+]1ccccc1. The Bertz CT molecular complexity index is 367. The molecule has 0 saturated carbocycles. The van der Waals surface area contributed by atoms with Crippen LogP contribution in [-0.2, 0) is 4.74 Å². The van der Waals surface area contributed by atoms with E-state index in [1.165, 1.54) is 4.57 Å². The van der Waals surface area contributed by atoms with E-state index in [1.54, 1.807) is 31.5 Å². The van der Waals surface area contributed by atoms with E-state index in [-0.39, 0.29) is 5.82 Å². The number of hydrogen-bond donors (Lipinski definition) is 1. The number of aromatic nitrogens is 1. The zero-order chi connectivity index (χ0) is 10.4. The van der Waals surface area contributed by atoms with Crippen molar-refractivity contribution in [2.45, 2.75) is 6.92 Å². The van der Waals surface area contributed by atoms with Gasteiger partial charge in [-0.3, -0.25) is 0 Å². The molecular formula is C9H11N3O2+2. The highest BCUT2D eigenvalue weighted by Gasteiger charge is 2.32. The van der Waals surface area contributed by atoms with Gasteiger partial charge >= 0.3 is 11.8 Å². The lowest BCUT2D eigenvalue weighted by atomic mass is 10.5. The molecule has 1 N–H and O–H groups in total. The Morgan fingerprint density at radius 3 is 2.57 bits per heavy atom. The molecular weight excluding hydrogens is 182 g/mol. The molecule has 0 aliphatic rings. The molecule has 1 aromatic rings.